The molecule has 1 heterocycles. The molecule has 4 rings (SSSR count). The molecule has 2 aliphatic rings. The van der Waals surface area contributed by atoms with Gasteiger partial charge in [-0.1, -0.05) is 42.0 Å². The molecular formula is C19H17ClN2O3. The van der Waals surface area contributed by atoms with Crippen LogP contribution < -0.4 is 10.1 Å². The second-order valence-electron chi connectivity index (χ2n) is 6.37. The van der Waals surface area contributed by atoms with Crippen molar-refractivity contribution in [2.75, 3.05) is 12.4 Å². The van der Waals surface area contributed by atoms with Crippen molar-refractivity contribution < 1.29 is 9.66 Å². The first kappa shape index (κ1) is 16.0. The van der Waals surface area contributed by atoms with Crippen LogP contribution in [0.5, 0.6) is 5.75 Å². The predicted octanol–water partition coefficient (Wildman–Crippen LogP) is 5.08. The molecule has 0 spiro atoms. The van der Waals surface area contributed by atoms with Crippen molar-refractivity contribution in [1.29, 1.82) is 0 Å². The molecule has 1 N–H and O–H groups in total. The number of fused-ring (bicyclic) bond motifs is 3. The second kappa shape index (κ2) is 6.08. The standard InChI is InChI=1S/C19H17ClN2O3/c1-25-17-8-3-2-5-14(17)18-13-7-4-6-12(13)15-9-11(22(23)24)10-16(20)19(15)21-18/h2-6,8-10,12-13,18,21H,7H2,1H3/t12-,13+,18+/m0/s1. The number of rotatable bonds is 3. The number of hydrogen-bond acceptors (Lipinski definition) is 4. The number of anilines is 1. The summed E-state index contributed by atoms with van der Waals surface area (Å²) in [6.45, 7) is 0. The number of benzene rings is 2. The quantitative estimate of drug-likeness (QED) is 0.473. The van der Waals surface area contributed by atoms with Crippen molar-refractivity contribution in [2.24, 2.45) is 5.92 Å². The summed E-state index contributed by atoms with van der Waals surface area (Å²) in [6.07, 6.45) is 5.17. The van der Waals surface area contributed by atoms with E-state index in [4.69, 9.17) is 16.3 Å². The SMILES string of the molecule is COc1ccccc1[C@@H]1Nc2c(Cl)cc([N+](=O)[O-])cc2[C@H]2C=CC[C@H]21. The molecule has 1 aliphatic heterocycles. The Labute approximate surface area is 150 Å². The lowest BCUT2D eigenvalue weighted by Crippen LogP contribution is -2.29. The third-order valence-corrected chi connectivity index (χ3v) is 5.39. The number of nitro benzene ring substituents is 1. The van der Waals surface area contributed by atoms with Gasteiger partial charge in [-0.3, -0.25) is 10.1 Å². The minimum atomic E-state index is -0.397. The zero-order valence-electron chi connectivity index (χ0n) is 13.6. The number of para-hydroxylation sites is 1. The van der Waals surface area contributed by atoms with Gasteiger partial charge in [0.15, 0.2) is 0 Å². The molecule has 5 nitrogen and oxygen atoms in total. The molecule has 6 heteroatoms. The summed E-state index contributed by atoms with van der Waals surface area (Å²) in [5.41, 5.74) is 2.77. The van der Waals surface area contributed by atoms with Crippen molar-refractivity contribution in [3.05, 3.63) is 74.8 Å². The molecule has 0 aromatic heterocycles. The van der Waals surface area contributed by atoms with E-state index >= 15 is 0 Å². The summed E-state index contributed by atoms with van der Waals surface area (Å²) < 4.78 is 5.53. The zero-order chi connectivity index (χ0) is 17.6. The van der Waals surface area contributed by atoms with E-state index in [-0.39, 0.29) is 23.6 Å². The van der Waals surface area contributed by atoms with E-state index in [1.807, 2.05) is 18.2 Å². The molecule has 0 saturated carbocycles. The van der Waals surface area contributed by atoms with Crippen LogP contribution in [0.15, 0.2) is 48.6 Å². The maximum Gasteiger partial charge on any atom is 0.271 e. The fourth-order valence-corrected chi connectivity index (χ4v) is 4.25. The minimum absolute atomic E-state index is 0.0281. The first-order chi connectivity index (χ1) is 12.1. The molecule has 3 atom stereocenters. The Kier molecular flexibility index (Phi) is 3.88. The van der Waals surface area contributed by atoms with Crippen LogP contribution in [0.4, 0.5) is 11.4 Å². The monoisotopic (exact) mass is 356 g/mol. The highest BCUT2D eigenvalue weighted by Crippen LogP contribution is 2.53. The molecule has 2 aromatic rings. The average molecular weight is 357 g/mol. The molecule has 0 amide bonds. The van der Waals surface area contributed by atoms with Crippen LogP contribution in [-0.2, 0) is 0 Å². The summed E-state index contributed by atoms with van der Waals surface area (Å²) >= 11 is 6.39. The number of non-ortho nitro benzene ring substituents is 1. The van der Waals surface area contributed by atoms with Gasteiger partial charge in [0.1, 0.15) is 5.75 Å². The van der Waals surface area contributed by atoms with Gasteiger partial charge in [-0.25, -0.2) is 0 Å². The summed E-state index contributed by atoms with van der Waals surface area (Å²) in [5, 5.41) is 15.1. The lowest BCUT2D eigenvalue weighted by Gasteiger charge is -2.38. The molecule has 1 aliphatic carbocycles. The van der Waals surface area contributed by atoms with Crippen molar-refractivity contribution in [3.63, 3.8) is 0 Å². The molecular weight excluding hydrogens is 340 g/mol. The molecule has 0 saturated heterocycles. The molecule has 2 aromatic carbocycles. The fraction of sp³-hybridized carbons (Fsp3) is 0.263. The Bertz CT molecular complexity index is 881. The second-order valence-corrected chi connectivity index (χ2v) is 6.77. The highest BCUT2D eigenvalue weighted by molar-refractivity contribution is 6.33. The molecule has 0 fully saturated rings. The maximum absolute atomic E-state index is 11.2. The predicted molar refractivity (Wildman–Crippen MR) is 97.5 cm³/mol. The van der Waals surface area contributed by atoms with Gasteiger partial charge in [0.2, 0.25) is 0 Å². The smallest absolute Gasteiger partial charge is 0.271 e. The number of nitro groups is 1. The van der Waals surface area contributed by atoms with Crippen LogP contribution in [0.3, 0.4) is 0 Å². The highest BCUT2D eigenvalue weighted by Gasteiger charge is 2.40. The Hall–Kier alpha value is -2.53. The average Bonchev–Trinajstić information content (AvgIpc) is 3.11. The van der Waals surface area contributed by atoms with Crippen LogP contribution in [0, 0.1) is 16.0 Å². The summed E-state index contributed by atoms with van der Waals surface area (Å²) in [6, 6.07) is 11.0. The van der Waals surface area contributed by atoms with Gasteiger partial charge < -0.3 is 10.1 Å². The van der Waals surface area contributed by atoms with E-state index in [9.17, 15) is 10.1 Å². The fourth-order valence-electron chi connectivity index (χ4n) is 3.98. The third kappa shape index (κ3) is 2.55. The molecule has 128 valence electrons. The first-order valence-corrected chi connectivity index (χ1v) is 8.52. The zero-order valence-corrected chi connectivity index (χ0v) is 14.4. The number of methoxy groups -OCH3 is 1. The third-order valence-electron chi connectivity index (χ3n) is 5.09. The van der Waals surface area contributed by atoms with Crippen molar-refractivity contribution in [3.8, 4) is 5.75 Å². The topological polar surface area (TPSA) is 64.4 Å². The van der Waals surface area contributed by atoms with Gasteiger partial charge in [-0.15, -0.1) is 0 Å². The Balaban J connectivity index is 1.84. The van der Waals surface area contributed by atoms with Gasteiger partial charge in [-0.05, 0) is 24.0 Å². The van der Waals surface area contributed by atoms with Crippen LogP contribution in [0.1, 0.15) is 29.5 Å². The van der Waals surface area contributed by atoms with Crippen molar-refractivity contribution in [1.82, 2.24) is 0 Å². The van der Waals surface area contributed by atoms with Crippen LogP contribution in [0.25, 0.3) is 0 Å². The van der Waals surface area contributed by atoms with Crippen molar-refractivity contribution >= 4 is 23.0 Å². The molecule has 0 unspecified atom stereocenters. The highest BCUT2D eigenvalue weighted by atomic mass is 35.5. The number of allylic oxidation sites excluding steroid dienone is 2. The summed E-state index contributed by atoms with van der Waals surface area (Å²) in [7, 11) is 1.66. The lowest BCUT2D eigenvalue weighted by atomic mass is 9.76. The van der Waals surface area contributed by atoms with Crippen LogP contribution in [-0.4, -0.2) is 12.0 Å². The van der Waals surface area contributed by atoms with Gasteiger partial charge in [0, 0.05) is 23.6 Å². The van der Waals surface area contributed by atoms with E-state index in [1.54, 1.807) is 13.2 Å². The van der Waals surface area contributed by atoms with Crippen molar-refractivity contribution in [2.45, 2.75) is 18.4 Å². The largest absolute Gasteiger partial charge is 0.496 e. The number of nitrogens with zero attached hydrogens (tertiary/aromatic N) is 1. The van der Waals surface area contributed by atoms with E-state index < -0.39 is 4.92 Å². The Morgan fingerprint density at radius 2 is 2.08 bits per heavy atom. The van der Waals surface area contributed by atoms with E-state index in [0.29, 0.717) is 5.02 Å². The van der Waals surface area contributed by atoms with Crippen LogP contribution in [0.2, 0.25) is 5.02 Å². The van der Waals surface area contributed by atoms with E-state index in [2.05, 4.69) is 23.5 Å². The number of hydrogen-bond donors (Lipinski definition) is 1. The minimum Gasteiger partial charge on any atom is -0.496 e. The van der Waals surface area contributed by atoms with Gasteiger partial charge in [0.25, 0.3) is 5.69 Å². The van der Waals surface area contributed by atoms with Gasteiger partial charge >= 0.3 is 0 Å². The van der Waals surface area contributed by atoms with E-state index in [1.165, 1.54) is 6.07 Å². The molecule has 0 radical (unpaired) electrons. The molecule has 25 heavy (non-hydrogen) atoms. The number of halogens is 1. The normalized spacial score (nSPS) is 23.5. The molecule has 0 bridgehead atoms. The van der Waals surface area contributed by atoms with Gasteiger partial charge in [-0.2, -0.15) is 0 Å². The van der Waals surface area contributed by atoms with Crippen LogP contribution >= 0.6 is 11.6 Å². The number of nitrogens with one attached hydrogen (secondary N) is 1. The summed E-state index contributed by atoms with van der Waals surface area (Å²) in [4.78, 5) is 10.8. The number of ether oxygens (including phenoxy) is 1. The Morgan fingerprint density at radius 1 is 1.28 bits per heavy atom. The maximum atomic E-state index is 11.2. The van der Waals surface area contributed by atoms with Gasteiger partial charge in [0.05, 0.1) is 28.8 Å². The van der Waals surface area contributed by atoms with E-state index in [0.717, 1.165) is 29.0 Å². The lowest BCUT2D eigenvalue weighted by molar-refractivity contribution is -0.384. The Morgan fingerprint density at radius 3 is 2.84 bits per heavy atom. The first-order valence-electron chi connectivity index (χ1n) is 8.14. The summed E-state index contributed by atoms with van der Waals surface area (Å²) in [5.74, 6) is 1.19.